The summed E-state index contributed by atoms with van der Waals surface area (Å²) in [6.07, 6.45) is 1.90. The second-order valence-electron chi connectivity index (χ2n) is 5.78. The molecule has 2 unspecified atom stereocenters. The molecule has 21 heavy (non-hydrogen) atoms. The normalized spacial score (nSPS) is 21.0. The molecule has 1 aromatic carbocycles. The number of carbonyl (C=O) groups excluding carboxylic acids is 1. The fourth-order valence-corrected chi connectivity index (χ4v) is 2.74. The van der Waals surface area contributed by atoms with Crippen molar-refractivity contribution in [2.75, 3.05) is 7.05 Å². The molecule has 0 bridgehead atoms. The van der Waals surface area contributed by atoms with E-state index in [1.54, 1.807) is 11.9 Å². The van der Waals surface area contributed by atoms with Gasteiger partial charge in [0.05, 0.1) is 5.92 Å². The van der Waals surface area contributed by atoms with E-state index in [9.17, 15) is 9.59 Å². The Labute approximate surface area is 125 Å². The average Bonchev–Trinajstić information content (AvgIpc) is 2.90. The van der Waals surface area contributed by atoms with Gasteiger partial charge in [-0.2, -0.15) is 0 Å². The van der Waals surface area contributed by atoms with E-state index in [2.05, 4.69) is 5.32 Å². The number of hydrogen-bond donors (Lipinski definition) is 2. The zero-order chi connectivity index (χ0) is 15.4. The molecule has 1 saturated carbocycles. The van der Waals surface area contributed by atoms with Gasteiger partial charge in [0, 0.05) is 19.6 Å². The molecule has 1 aromatic rings. The van der Waals surface area contributed by atoms with Crippen LogP contribution in [-0.2, 0) is 11.3 Å². The van der Waals surface area contributed by atoms with Crippen LogP contribution >= 0.6 is 0 Å². The maximum absolute atomic E-state index is 12.2. The lowest BCUT2D eigenvalue weighted by molar-refractivity contribution is -0.141. The van der Waals surface area contributed by atoms with Crippen molar-refractivity contribution in [3.63, 3.8) is 0 Å². The van der Waals surface area contributed by atoms with Crippen LogP contribution in [0.4, 0.5) is 4.79 Å². The van der Waals surface area contributed by atoms with Crippen LogP contribution in [0.3, 0.4) is 0 Å². The monoisotopic (exact) mass is 290 g/mol. The highest BCUT2D eigenvalue weighted by atomic mass is 16.4. The number of amides is 2. The maximum atomic E-state index is 12.2. The van der Waals surface area contributed by atoms with Gasteiger partial charge in [-0.25, -0.2) is 4.79 Å². The third kappa shape index (κ3) is 3.97. The lowest BCUT2D eigenvalue weighted by Gasteiger charge is -2.22. The number of aryl methyl sites for hydroxylation is 1. The molecule has 0 spiro atoms. The van der Waals surface area contributed by atoms with Gasteiger partial charge < -0.3 is 15.3 Å². The molecule has 0 radical (unpaired) electrons. The van der Waals surface area contributed by atoms with E-state index in [1.165, 1.54) is 0 Å². The second-order valence-corrected chi connectivity index (χ2v) is 5.78. The van der Waals surface area contributed by atoms with Crippen LogP contribution in [-0.4, -0.2) is 35.1 Å². The van der Waals surface area contributed by atoms with E-state index >= 15 is 0 Å². The first kappa shape index (κ1) is 15.4. The summed E-state index contributed by atoms with van der Waals surface area (Å²) in [4.78, 5) is 24.7. The van der Waals surface area contributed by atoms with Gasteiger partial charge in [-0.1, -0.05) is 24.3 Å². The molecular weight excluding hydrogens is 268 g/mol. The fourth-order valence-electron chi connectivity index (χ4n) is 2.74. The number of benzene rings is 1. The molecule has 0 aliphatic heterocycles. The van der Waals surface area contributed by atoms with E-state index < -0.39 is 5.97 Å². The number of rotatable bonds is 4. The summed E-state index contributed by atoms with van der Waals surface area (Å²) in [5.74, 6) is -1.09. The van der Waals surface area contributed by atoms with Gasteiger partial charge in [0.25, 0.3) is 0 Å². The minimum atomic E-state index is -0.764. The van der Waals surface area contributed by atoms with E-state index in [0.29, 0.717) is 19.4 Å². The van der Waals surface area contributed by atoms with Gasteiger partial charge >= 0.3 is 12.0 Å². The van der Waals surface area contributed by atoms with Crippen LogP contribution in [0.25, 0.3) is 0 Å². The van der Waals surface area contributed by atoms with E-state index in [-0.39, 0.29) is 18.0 Å². The molecule has 2 N–H and O–H groups in total. The highest BCUT2D eigenvalue weighted by molar-refractivity contribution is 5.75. The van der Waals surface area contributed by atoms with Crippen molar-refractivity contribution in [1.82, 2.24) is 10.2 Å². The molecule has 2 rings (SSSR count). The average molecular weight is 290 g/mol. The van der Waals surface area contributed by atoms with Crippen LogP contribution in [0, 0.1) is 12.8 Å². The van der Waals surface area contributed by atoms with E-state index in [4.69, 9.17) is 5.11 Å². The standard InChI is InChI=1S/C16H22N2O3/c1-11-5-3-4-6-13(11)10-18(2)16(21)17-14-8-7-12(9-14)15(19)20/h3-6,12,14H,7-10H2,1-2H3,(H,17,21)(H,19,20). The van der Waals surface area contributed by atoms with Crippen LogP contribution in [0.5, 0.6) is 0 Å². The predicted molar refractivity (Wildman–Crippen MR) is 79.9 cm³/mol. The summed E-state index contributed by atoms with van der Waals surface area (Å²) in [5, 5.41) is 11.9. The quantitative estimate of drug-likeness (QED) is 0.894. The van der Waals surface area contributed by atoms with Crippen molar-refractivity contribution < 1.29 is 14.7 Å². The van der Waals surface area contributed by atoms with Crippen molar-refractivity contribution in [3.8, 4) is 0 Å². The largest absolute Gasteiger partial charge is 0.481 e. The van der Waals surface area contributed by atoms with Crippen LogP contribution in [0.15, 0.2) is 24.3 Å². The lowest BCUT2D eigenvalue weighted by Crippen LogP contribution is -2.42. The van der Waals surface area contributed by atoms with Gasteiger partial charge in [-0.3, -0.25) is 4.79 Å². The van der Waals surface area contributed by atoms with Crippen LogP contribution in [0.2, 0.25) is 0 Å². The van der Waals surface area contributed by atoms with Crippen LogP contribution < -0.4 is 5.32 Å². The molecule has 114 valence electrons. The van der Waals surface area contributed by atoms with Gasteiger partial charge in [0.1, 0.15) is 0 Å². The zero-order valence-electron chi connectivity index (χ0n) is 12.5. The Kier molecular flexibility index (Phi) is 4.83. The highest BCUT2D eigenvalue weighted by Crippen LogP contribution is 2.25. The minimum absolute atomic E-state index is 0.0297. The Bertz CT molecular complexity index is 530. The first-order chi connectivity index (χ1) is 9.97. The fraction of sp³-hybridized carbons (Fsp3) is 0.500. The Morgan fingerprint density at radius 2 is 2.05 bits per heavy atom. The van der Waals surface area contributed by atoms with Gasteiger partial charge in [0.15, 0.2) is 0 Å². The number of nitrogens with zero attached hydrogens (tertiary/aromatic N) is 1. The predicted octanol–water partition coefficient (Wildman–Crippen LogP) is 2.39. The summed E-state index contributed by atoms with van der Waals surface area (Å²) < 4.78 is 0. The summed E-state index contributed by atoms with van der Waals surface area (Å²) >= 11 is 0. The highest BCUT2D eigenvalue weighted by Gasteiger charge is 2.31. The smallest absolute Gasteiger partial charge is 0.317 e. The molecule has 5 heteroatoms. The summed E-state index contributed by atoms with van der Waals surface area (Å²) in [6, 6.07) is 7.79. The zero-order valence-corrected chi connectivity index (χ0v) is 12.5. The van der Waals surface area contributed by atoms with Gasteiger partial charge in [-0.05, 0) is 37.3 Å². The number of hydrogen-bond acceptors (Lipinski definition) is 2. The first-order valence-corrected chi connectivity index (χ1v) is 7.26. The number of carboxylic acid groups (broad SMARTS) is 1. The van der Waals surface area contributed by atoms with Crippen molar-refractivity contribution in [2.45, 2.75) is 38.8 Å². The van der Waals surface area contributed by atoms with Crippen molar-refractivity contribution in [3.05, 3.63) is 35.4 Å². The Morgan fingerprint density at radius 3 is 2.67 bits per heavy atom. The van der Waals surface area contributed by atoms with E-state index in [1.807, 2.05) is 31.2 Å². The number of carbonyl (C=O) groups is 2. The molecule has 0 heterocycles. The number of carboxylic acids is 1. The molecule has 2 atom stereocenters. The van der Waals surface area contributed by atoms with Crippen molar-refractivity contribution in [1.29, 1.82) is 0 Å². The SMILES string of the molecule is Cc1ccccc1CN(C)C(=O)NC1CCC(C(=O)O)C1. The third-order valence-corrected chi connectivity index (χ3v) is 4.12. The second kappa shape index (κ2) is 6.61. The topological polar surface area (TPSA) is 69.6 Å². The molecule has 0 saturated heterocycles. The molecule has 5 nitrogen and oxygen atoms in total. The summed E-state index contributed by atoms with van der Waals surface area (Å²) in [7, 11) is 1.76. The Hall–Kier alpha value is -2.04. The molecule has 0 aromatic heterocycles. The molecule has 1 aliphatic rings. The molecule has 2 amide bonds. The first-order valence-electron chi connectivity index (χ1n) is 7.26. The number of urea groups is 1. The Balaban J connectivity index is 1.86. The maximum Gasteiger partial charge on any atom is 0.317 e. The van der Waals surface area contributed by atoms with Crippen LogP contribution in [0.1, 0.15) is 30.4 Å². The number of nitrogens with one attached hydrogen (secondary N) is 1. The molecule has 1 fully saturated rings. The third-order valence-electron chi connectivity index (χ3n) is 4.12. The Morgan fingerprint density at radius 1 is 1.33 bits per heavy atom. The van der Waals surface area contributed by atoms with Gasteiger partial charge in [-0.15, -0.1) is 0 Å². The summed E-state index contributed by atoms with van der Waals surface area (Å²) in [5.41, 5.74) is 2.27. The lowest BCUT2D eigenvalue weighted by atomic mass is 10.1. The molecule has 1 aliphatic carbocycles. The van der Waals surface area contributed by atoms with E-state index in [0.717, 1.165) is 17.5 Å². The molecular formula is C16H22N2O3. The minimum Gasteiger partial charge on any atom is -0.481 e. The summed E-state index contributed by atoms with van der Waals surface area (Å²) in [6.45, 7) is 2.57. The van der Waals surface area contributed by atoms with Crippen molar-refractivity contribution in [2.24, 2.45) is 5.92 Å². The van der Waals surface area contributed by atoms with Gasteiger partial charge in [0.2, 0.25) is 0 Å². The number of aliphatic carboxylic acids is 1. The van der Waals surface area contributed by atoms with Crippen molar-refractivity contribution >= 4 is 12.0 Å².